The van der Waals surface area contributed by atoms with Crippen molar-refractivity contribution in [1.82, 2.24) is 4.90 Å². The van der Waals surface area contributed by atoms with E-state index in [0.717, 1.165) is 29.7 Å². The molecule has 1 saturated carbocycles. The van der Waals surface area contributed by atoms with Gasteiger partial charge in [0.1, 0.15) is 5.75 Å². The summed E-state index contributed by atoms with van der Waals surface area (Å²) in [5, 5.41) is 0. The van der Waals surface area contributed by atoms with Gasteiger partial charge in [-0.15, -0.1) is 0 Å². The standard InChI is InChI=1S/C24H27NO4/c1-16(18-10-11-18)25(15-17-8-12-20(28-3)13-9-17)23(27)24(2)14-19-6-4-5-7-21(19)22(26)29-24/h4-9,12-13,16,18H,10-11,14-15H2,1-3H3. The summed E-state index contributed by atoms with van der Waals surface area (Å²) in [4.78, 5) is 28.2. The number of cyclic esters (lactones) is 1. The number of fused-ring (bicyclic) bond motifs is 1. The van der Waals surface area contributed by atoms with Crippen LogP contribution in [0.1, 0.15) is 48.2 Å². The normalized spacial score (nSPS) is 21.7. The number of carbonyl (C=O) groups excluding carboxylic acids is 2. The average Bonchev–Trinajstić information content (AvgIpc) is 3.57. The predicted molar refractivity (Wildman–Crippen MR) is 110 cm³/mol. The van der Waals surface area contributed by atoms with E-state index >= 15 is 0 Å². The first kappa shape index (κ1) is 19.5. The Labute approximate surface area is 171 Å². The van der Waals surface area contributed by atoms with Gasteiger partial charge in [-0.05, 0) is 61.9 Å². The van der Waals surface area contributed by atoms with Crippen molar-refractivity contribution in [3.05, 3.63) is 65.2 Å². The van der Waals surface area contributed by atoms with Crippen molar-refractivity contribution in [1.29, 1.82) is 0 Å². The summed E-state index contributed by atoms with van der Waals surface area (Å²) in [5.74, 6) is 0.737. The molecule has 1 amide bonds. The molecule has 0 aromatic heterocycles. The molecule has 0 spiro atoms. The number of benzene rings is 2. The largest absolute Gasteiger partial charge is 0.497 e. The molecule has 1 aliphatic heterocycles. The van der Waals surface area contributed by atoms with E-state index in [0.29, 0.717) is 24.4 Å². The van der Waals surface area contributed by atoms with E-state index in [2.05, 4.69) is 6.92 Å². The van der Waals surface area contributed by atoms with Crippen molar-refractivity contribution in [3.8, 4) is 5.75 Å². The summed E-state index contributed by atoms with van der Waals surface area (Å²) in [7, 11) is 1.64. The predicted octanol–water partition coefficient (Wildman–Crippen LogP) is 3.99. The summed E-state index contributed by atoms with van der Waals surface area (Å²) in [6.45, 7) is 4.32. The van der Waals surface area contributed by atoms with Crippen LogP contribution >= 0.6 is 0 Å². The van der Waals surface area contributed by atoms with E-state index in [1.807, 2.05) is 47.4 Å². The fraction of sp³-hybridized carbons (Fsp3) is 0.417. The van der Waals surface area contributed by atoms with Crippen molar-refractivity contribution < 1.29 is 19.1 Å². The van der Waals surface area contributed by atoms with Crippen LogP contribution in [0.2, 0.25) is 0 Å². The van der Waals surface area contributed by atoms with Crippen molar-refractivity contribution in [2.24, 2.45) is 5.92 Å². The van der Waals surface area contributed by atoms with E-state index < -0.39 is 11.6 Å². The number of ether oxygens (including phenoxy) is 2. The van der Waals surface area contributed by atoms with Gasteiger partial charge in [0.25, 0.3) is 5.91 Å². The number of rotatable bonds is 6. The van der Waals surface area contributed by atoms with Crippen LogP contribution in [0.3, 0.4) is 0 Å². The van der Waals surface area contributed by atoms with Crippen LogP contribution in [-0.4, -0.2) is 35.5 Å². The van der Waals surface area contributed by atoms with Crippen molar-refractivity contribution in [2.45, 2.75) is 51.3 Å². The van der Waals surface area contributed by atoms with Crippen LogP contribution in [0.25, 0.3) is 0 Å². The smallest absolute Gasteiger partial charge is 0.339 e. The van der Waals surface area contributed by atoms with Gasteiger partial charge in [0, 0.05) is 19.0 Å². The third-order valence-electron chi connectivity index (χ3n) is 6.10. The molecule has 2 atom stereocenters. The topological polar surface area (TPSA) is 55.8 Å². The minimum absolute atomic E-state index is 0.0947. The van der Waals surface area contributed by atoms with Crippen molar-refractivity contribution in [2.75, 3.05) is 7.11 Å². The summed E-state index contributed by atoms with van der Waals surface area (Å²) in [5.41, 5.74) is 1.25. The molecule has 2 aromatic rings. The zero-order chi connectivity index (χ0) is 20.6. The Hall–Kier alpha value is -2.82. The Morgan fingerprint density at radius 3 is 2.55 bits per heavy atom. The van der Waals surface area contributed by atoms with Gasteiger partial charge in [0.2, 0.25) is 0 Å². The molecule has 2 aliphatic rings. The molecule has 0 N–H and O–H groups in total. The van der Waals surface area contributed by atoms with Crippen LogP contribution in [0.15, 0.2) is 48.5 Å². The molecule has 2 aromatic carbocycles. The lowest BCUT2D eigenvalue weighted by Crippen LogP contribution is -2.55. The van der Waals surface area contributed by atoms with Crippen molar-refractivity contribution >= 4 is 11.9 Å². The lowest BCUT2D eigenvalue weighted by atomic mass is 9.88. The second kappa shape index (κ2) is 7.54. The average molecular weight is 393 g/mol. The maximum absolute atomic E-state index is 13.7. The Morgan fingerprint density at radius 1 is 1.21 bits per heavy atom. The first-order valence-corrected chi connectivity index (χ1v) is 10.2. The highest BCUT2D eigenvalue weighted by Crippen LogP contribution is 2.38. The lowest BCUT2D eigenvalue weighted by Gasteiger charge is -2.39. The molecule has 29 heavy (non-hydrogen) atoms. The van der Waals surface area contributed by atoms with Gasteiger partial charge < -0.3 is 14.4 Å². The molecule has 2 unspecified atom stereocenters. The zero-order valence-electron chi connectivity index (χ0n) is 17.2. The van der Waals surface area contributed by atoms with Gasteiger partial charge >= 0.3 is 5.97 Å². The molecule has 1 aliphatic carbocycles. The molecule has 0 saturated heterocycles. The quantitative estimate of drug-likeness (QED) is 0.697. The van der Waals surface area contributed by atoms with Crippen LogP contribution in [0.4, 0.5) is 0 Å². The Morgan fingerprint density at radius 2 is 1.90 bits per heavy atom. The molecule has 1 heterocycles. The van der Waals surface area contributed by atoms with E-state index in [1.54, 1.807) is 20.1 Å². The fourth-order valence-corrected chi connectivity index (χ4v) is 4.12. The van der Waals surface area contributed by atoms with Gasteiger partial charge in [0.15, 0.2) is 5.60 Å². The molecule has 4 rings (SSSR count). The first-order chi connectivity index (χ1) is 13.9. The highest BCUT2D eigenvalue weighted by molar-refractivity contribution is 5.97. The van der Waals surface area contributed by atoms with E-state index in [1.165, 1.54) is 0 Å². The lowest BCUT2D eigenvalue weighted by molar-refractivity contribution is -0.154. The van der Waals surface area contributed by atoms with Crippen LogP contribution < -0.4 is 4.74 Å². The molecule has 5 nitrogen and oxygen atoms in total. The second-order valence-electron chi connectivity index (χ2n) is 8.31. The number of amides is 1. The summed E-state index contributed by atoms with van der Waals surface area (Å²) >= 11 is 0. The molecular formula is C24H27NO4. The van der Waals surface area contributed by atoms with Crippen LogP contribution in [0.5, 0.6) is 5.75 Å². The van der Waals surface area contributed by atoms with Crippen LogP contribution in [-0.2, 0) is 22.5 Å². The zero-order valence-corrected chi connectivity index (χ0v) is 17.2. The summed E-state index contributed by atoms with van der Waals surface area (Å²) in [6, 6.07) is 15.2. The van der Waals surface area contributed by atoms with E-state index in [4.69, 9.17) is 9.47 Å². The number of hydrogen-bond donors (Lipinski definition) is 0. The van der Waals surface area contributed by atoms with Gasteiger partial charge in [-0.1, -0.05) is 30.3 Å². The highest BCUT2D eigenvalue weighted by atomic mass is 16.6. The van der Waals surface area contributed by atoms with Gasteiger partial charge in [-0.2, -0.15) is 0 Å². The van der Waals surface area contributed by atoms with Gasteiger partial charge in [0.05, 0.1) is 12.7 Å². The fourth-order valence-electron chi connectivity index (χ4n) is 4.12. The van der Waals surface area contributed by atoms with E-state index in [-0.39, 0.29) is 11.9 Å². The van der Waals surface area contributed by atoms with Crippen LogP contribution in [0, 0.1) is 5.92 Å². The third kappa shape index (κ3) is 3.86. The third-order valence-corrected chi connectivity index (χ3v) is 6.10. The second-order valence-corrected chi connectivity index (χ2v) is 8.31. The maximum Gasteiger partial charge on any atom is 0.339 e. The number of hydrogen-bond acceptors (Lipinski definition) is 4. The molecule has 152 valence electrons. The minimum atomic E-state index is -1.19. The minimum Gasteiger partial charge on any atom is -0.497 e. The van der Waals surface area contributed by atoms with Gasteiger partial charge in [-0.3, -0.25) is 4.79 Å². The Kier molecular flexibility index (Phi) is 5.07. The summed E-state index contributed by atoms with van der Waals surface area (Å²) < 4.78 is 11.0. The van der Waals surface area contributed by atoms with E-state index in [9.17, 15) is 9.59 Å². The molecule has 0 bridgehead atoms. The number of nitrogens with zero attached hydrogens (tertiary/aromatic N) is 1. The van der Waals surface area contributed by atoms with Gasteiger partial charge in [-0.25, -0.2) is 4.79 Å². The Bertz CT molecular complexity index is 919. The maximum atomic E-state index is 13.7. The molecular weight excluding hydrogens is 366 g/mol. The molecule has 5 heteroatoms. The Balaban J connectivity index is 1.61. The number of esters is 1. The molecule has 0 radical (unpaired) electrons. The SMILES string of the molecule is COc1ccc(CN(C(=O)C2(C)Cc3ccccc3C(=O)O2)C(C)C2CC2)cc1. The first-order valence-electron chi connectivity index (χ1n) is 10.2. The monoisotopic (exact) mass is 393 g/mol. The highest BCUT2D eigenvalue weighted by Gasteiger charge is 2.47. The molecule has 1 fully saturated rings. The van der Waals surface area contributed by atoms with Crippen molar-refractivity contribution in [3.63, 3.8) is 0 Å². The number of methoxy groups -OCH3 is 1. The summed E-state index contributed by atoms with van der Waals surface area (Å²) in [6.07, 6.45) is 2.66. The number of carbonyl (C=O) groups is 2.